The summed E-state index contributed by atoms with van der Waals surface area (Å²) in [6, 6.07) is 0. The molecule has 0 spiro atoms. The fraction of sp³-hybridized carbons (Fsp3) is 1.00. The number of rotatable bonds is 8. The fourth-order valence-electron chi connectivity index (χ4n) is 1.25. The Balaban J connectivity index is 3.73. The first kappa shape index (κ1) is 12.8. The largest absolute Gasteiger partial charge is 0.375 e. The van der Waals surface area contributed by atoms with Gasteiger partial charge >= 0.3 is 0 Å². The molecule has 0 radical (unpaired) electrons. The lowest BCUT2D eigenvalue weighted by atomic mass is 10.1. The molecule has 0 fully saturated rings. The molecule has 0 aromatic heterocycles. The second-order valence-electron chi connectivity index (χ2n) is 3.15. The first-order valence-corrected chi connectivity index (χ1v) is 5.05. The van der Waals surface area contributed by atoms with E-state index >= 15 is 0 Å². The van der Waals surface area contributed by atoms with Gasteiger partial charge in [-0.15, -0.1) is 0 Å². The van der Waals surface area contributed by atoms with Crippen LogP contribution in [0.5, 0.6) is 0 Å². The molecule has 3 heteroatoms. The number of halogens is 2. The van der Waals surface area contributed by atoms with Crippen molar-refractivity contribution < 1.29 is 13.5 Å². The van der Waals surface area contributed by atoms with Crippen LogP contribution in [0.3, 0.4) is 0 Å². The van der Waals surface area contributed by atoms with Gasteiger partial charge < -0.3 is 4.74 Å². The Morgan fingerprint density at radius 3 is 1.54 bits per heavy atom. The minimum absolute atomic E-state index is 0.0403. The van der Waals surface area contributed by atoms with Gasteiger partial charge in [0.1, 0.15) is 0 Å². The van der Waals surface area contributed by atoms with E-state index in [0.717, 1.165) is 12.8 Å². The second kappa shape index (κ2) is 8.42. The van der Waals surface area contributed by atoms with Crippen molar-refractivity contribution in [1.29, 1.82) is 0 Å². The highest BCUT2D eigenvalue weighted by molar-refractivity contribution is 4.61. The highest BCUT2D eigenvalue weighted by Gasteiger charge is 2.13. The van der Waals surface area contributed by atoms with Crippen LogP contribution in [0.15, 0.2) is 0 Å². The SMILES string of the molecule is CCC(CCF)OC(CC)CCF. The van der Waals surface area contributed by atoms with E-state index in [1.54, 1.807) is 0 Å². The molecule has 0 bridgehead atoms. The van der Waals surface area contributed by atoms with Gasteiger partial charge in [-0.2, -0.15) is 0 Å². The van der Waals surface area contributed by atoms with E-state index in [9.17, 15) is 8.78 Å². The van der Waals surface area contributed by atoms with Crippen LogP contribution in [-0.2, 0) is 4.74 Å². The topological polar surface area (TPSA) is 9.23 Å². The molecular formula is C10H20F2O. The van der Waals surface area contributed by atoms with Gasteiger partial charge in [-0.25, -0.2) is 0 Å². The minimum atomic E-state index is -0.357. The molecule has 0 saturated heterocycles. The smallest absolute Gasteiger partial charge is 0.0919 e. The summed E-state index contributed by atoms with van der Waals surface area (Å²) < 4.78 is 29.6. The van der Waals surface area contributed by atoms with Gasteiger partial charge in [0.25, 0.3) is 0 Å². The lowest BCUT2D eigenvalue weighted by Crippen LogP contribution is -2.22. The Bertz CT molecular complexity index is 97.1. The molecule has 0 N–H and O–H groups in total. The van der Waals surface area contributed by atoms with Crippen LogP contribution < -0.4 is 0 Å². The molecule has 0 heterocycles. The molecule has 0 saturated carbocycles. The third kappa shape index (κ3) is 5.97. The first-order valence-electron chi connectivity index (χ1n) is 5.05. The highest BCUT2D eigenvalue weighted by atomic mass is 19.1. The van der Waals surface area contributed by atoms with E-state index in [4.69, 9.17) is 4.74 Å². The number of hydrogen-bond acceptors (Lipinski definition) is 1. The summed E-state index contributed by atoms with van der Waals surface area (Å²) >= 11 is 0. The maximum absolute atomic E-state index is 12.0. The standard InChI is InChI=1S/C10H20F2O/c1-3-9(5-7-11)13-10(4-2)6-8-12/h9-10H,3-8H2,1-2H3. The predicted octanol–water partition coefficient (Wildman–Crippen LogP) is 3.28. The first-order chi connectivity index (χ1) is 6.28. The second-order valence-corrected chi connectivity index (χ2v) is 3.15. The molecule has 0 rings (SSSR count). The van der Waals surface area contributed by atoms with Crippen molar-refractivity contribution in [3.63, 3.8) is 0 Å². The quantitative estimate of drug-likeness (QED) is 0.576. The molecule has 2 atom stereocenters. The van der Waals surface area contributed by atoms with Gasteiger partial charge in [0.2, 0.25) is 0 Å². The zero-order valence-corrected chi connectivity index (χ0v) is 8.56. The van der Waals surface area contributed by atoms with Crippen molar-refractivity contribution >= 4 is 0 Å². The van der Waals surface area contributed by atoms with Crippen LogP contribution in [0.25, 0.3) is 0 Å². The summed E-state index contributed by atoms with van der Waals surface area (Å²) in [5, 5.41) is 0. The zero-order chi connectivity index (χ0) is 10.1. The van der Waals surface area contributed by atoms with E-state index in [1.165, 1.54) is 0 Å². The number of alkyl halides is 2. The molecule has 13 heavy (non-hydrogen) atoms. The van der Waals surface area contributed by atoms with Gasteiger partial charge in [0.15, 0.2) is 0 Å². The molecule has 2 unspecified atom stereocenters. The number of hydrogen-bond donors (Lipinski definition) is 0. The Morgan fingerprint density at radius 2 is 1.31 bits per heavy atom. The predicted molar refractivity (Wildman–Crippen MR) is 50.4 cm³/mol. The summed E-state index contributed by atoms with van der Waals surface area (Å²) in [5.41, 5.74) is 0. The van der Waals surface area contributed by atoms with E-state index in [1.807, 2.05) is 13.8 Å². The van der Waals surface area contributed by atoms with Gasteiger partial charge in [0, 0.05) is 12.8 Å². The van der Waals surface area contributed by atoms with Crippen LogP contribution in [-0.4, -0.2) is 25.6 Å². The molecule has 0 aliphatic heterocycles. The molecular weight excluding hydrogens is 174 g/mol. The van der Waals surface area contributed by atoms with Crippen molar-refractivity contribution in [3.8, 4) is 0 Å². The average Bonchev–Trinajstić information content (AvgIpc) is 2.16. The summed E-state index contributed by atoms with van der Waals surface area (Å²) in [6.07, 6.45) is 2.38. The van der Waals surface area contributed by atoms with E-state index in [0.29, 0.717) is 12.8 Å². The Kier molecular flexibility index (Phi) is 8.30. The van der Waals surface area contributed by atoms with Crippen LogP contribution in [0.4, 0.5) is 8.78 Å². The average molecular weight is 194 g/mol. The van der Waals surface area contributed by atoms with Crippen LogP contribution in [0.1, 0.15) is 39.5 Å². The minimum Gasteiger partial charge on any atom is -0.375 e. The maximum atomic E-state index is 12.0. The van der Waals surface area contributed by atoms with Crippen molar-refractivity contribution in [2.45, 2.75) is 51.7 Å². The third-order valence-electron chi connectivity index (χ3n) is 2.16. The van der Waals surface area contributed by atoms with Crippen LogP contribution in [0.2, 0.25) is 0 Å². The van der Waals surface area contributed by atoms with Crippen molar-refractivity contribution in [3.05, 3.63) is 0 Å². The van der Waals surface area contributed by atoms with E-state index in [2.05, 4.69) is 0 Å². The summed E-state index contributed by atoms with van der Waals surface area (Å²) in [5.74, 6) is 0. The summed E-state index contributed by atoms with van der Waals surface area (Å²) in [6.45, 7) is 3.21. The Labute approximate surface area is 79.5 Å². The maximum Gasteiger partial charge on any atom is 0.0919 e. The van der Waals surface area contributed by atoms with Crippen molar-refractivity contribution in [2.75, 3.05) is 13.3 Å². The fourth-order valence-corrected chi connectivity index (χ4v) is 1.25. The molecule has 0 amide bonds. The normalized spacial score (nSPS) is 15.7. The molecule has 0 aliphatic carbocycles. The molecule has 80 valence electrons. The zero-order valence-electron chi connectivity index (χ0n) is 8.56. The monoisotopic (exact) mass is 194 g/mol. The molecule has 0 aromatic carbocycles. The van der Waals surface area contributed by atoms with Crippen LogP contribution >= 0.6 is 0 Å². The van der Waals surface area contributed by atoms with Gasteiger partial charge in [-0.1, -0.05) is 13.8 Å². The van der Waals surface area contributed by atoms with Gasteiger partial charge in [-0.05, 0) is 12.8 Å². The lowest BCUT2D eigenvalue weighted by Gasteiger charge is -2.21. The highest BCUT2D eigenvalue weighted by Crippen LogP contribution is 2.12. The molecule has 0 aromatic rings. The molecule has 0 aliphatic rings. The summed E-state index contributed by atoms with van der Waals surface area (Å²) in [4.78, 5) is 0. The van der Waals surface area contributed by atoms with E-state index < -0.39 is 0 Å². The third-order valence-corrected chi connectivity index (χ3v) is 2.16. The van der Waals surface area contributed by atoms with Crippen LogP contribution in [0, 0.1) is 0 Å². The van der Waals surface area contributed by atoms with E-state index in [-0.39, 0.29) is 25.6 Å². The van der Waals surface area contributed by atoms with Crippen molar-refractivity contribution in [1.82, 2.24) is 0 Å². The molecule has 1 nitrogen and oxygen atoms in total. The van der Waals surface area contributed by atoms with Gasteiger partial charge in [0.05, 0.1) is 25.6 Å². The number of ether oxygens (including phenoxy) is 1. The van der Waals surface area contributed by atoms with Gasteiger partial charge in [-0.3, -0.25) is 8.78 Å². The Hall–Kier alpha value is -0.180. The Morgan fingerprint density at radius 1 is 0.923 bits per heavy atom. The summed E-state index contributed by atoms with van der Waals surface area (Å²) in [7, 11) is 0. The van der Waals surface area contributed by atoms with Crippen molar-refractivity contribution in [2.24, 2.45) is 0 Å². The lowest BCUT2D eigenvalue weighted by molar-refractivity contribution is -0.0284.